The van der Waals surface area contributed by atoms with Crippen molar-refractivity contribution < 1.29 is 4.79 Å². The third-order valence-corrected chi connectivity index (χ3v) is 3.96. The number of hydrogen-bond acceptors (Lipinski definition) is 3. The Morgan fingerprint density at radius 1 is 1.53 bits per heavy atom. The number of nitrogens with one attached hydrogen (secondary N) is 1. The predicted octanol–water partition coefficient (Wildman–Crippen LogP) is 2.45. The number of carbonyl (C=O) groups excluding carboxylic acids is 1. The Morgan fingerprint density at radius 3 is 2.84 bits per heavy atom. The fraction of sp³-hybridized carbons (Fsp3) is 0.429. The molecule has 1 N–H and O–H groups in total. The van der Waals surface area contributed by atoms with Crippen molar-refractivity contribution in [2.75, 3.05) is 11.4 Å². The monoisotopic (exact) mass is 321 g/mol. The lowest BCUT2D eigenvalue weighted by Gasteiger charge is -2.45. The summed E-state index contributed by atoms with van der Waals surface area (Å²) in [6, 6.07) is 9.29. The molecule has 0 saturated carbocycles. The summed E-state index contributed by atoms with van der Waals surface area (Å²) in [5.41, 5.74) is 0.523. The van der Waals surface area contributed by atoms with E-state index in [-0.39, 0.29) is 17.9 Å². The molecule has 1 aromatic carbocycles. The van der Waals surface area contributed by atoms with Gasteiger partial charge in [0.25, 0.3) is 0 Å². The minimum absolute atomic E-state index is 0.0512. The van der Waals surface area contributed by atoms with Crippen LogP contribution in [-0.2, 0) is 4.79 Å². The molecule has 0 radical (unpaired) electrons. The minimum atomic E-state index is -0.426. The number of benzene rings is 1. The zero-order valence-corrected chi connectivity index (χ0v) is 12.6. The van der Waals surface area contributed by atoms with Crippen molar-refractivity contribution in [2.24, 2.45) is 0 Å². The van der Waals surface area contributed by atoms with Gasteiger partial charge in [-0.3, -0.25) is 4.79 Å². The van der Waals surface area contributed by atoms with E-state index in [2.05, 4.69) is 27.3 Å². The van der Waals surface area contributed by atoms with Crippen LogP contribution in [0.1, 0.15) is 20.3 Å². The average molecular weight is 322 g/mol. The lowest BCUT2D eigenvalue weighted by atomic mass is 9.95. The molecule has 100 valence electrons. The molecule has 1 aromatic rings. The molecule has 1 aliphatic heterocycles. The first-order valence-corrected chi connectivity index (χ1v) is 6.95. The highest BCUT2D eigenvalue weighted by atomic mass is 79.9. The quantitative estimate of drug-likeness (QED) is 0.910. The summed E-state index contributed by atoms with van der Waals surface area (Å²) in [5, 5.41) is 12.0. The summed E-state index contributed by atoms with van der Waals surface area (Å²) < 4.78 is 0.883. The molecular weight excluding hydrogens is 306 g/mol. The highest BCUT2D eigenvalue weighted by Crippen LogP contribution is 2.33. The van der Waals surface area contributed by atoms with E-state index in [0.717, 1.165) is 10.2 Å². The Hall–Kier alpha value is -1.38. The van der Waals surface area contributed by atoms with E-state index in [4.69, 9.17) is 5.26 Å². The summed E-state index contributed by atoms with van der Waals surface area (Å²) in [6.45, 7) is 4.69. The van der Waals surface area contributed by atoms with Crippen molar-refractivity contribution in [1.82, 2.24) is 5.32 Å². The normalized spacial score (nSPS) is 22.1. The van der Waals surface area contributed by atoms with E-state index in [0.29, 0.717) is 6.54 Å². The van der Waals surface area contributed by atoms with Crippen molar-refractivity contribution in [3.05, 3.63) is 28.7 Å². The number of carbonyl (C=O) groups is 1. The van der Waals surface area contributed by atoms with Gasteiger partial charge in [-0.05, 0) is 41.9 Å². The van der Waals surface area contributed by atoms with Gasteiger partial charge in [-0.1, -0.05) is 12.1 Å². The molecular formula is C14H16BrN3O. The first-order chi connectivity index (χ1) is 8.97. The van der Waals surface area contributed by atoms with Gasteiger partial charge in [0.15, 0.2) is 0 Å². The van der Waals surface area contributed by atoms with Gasteiger partial charge in [0.1, 0.15) is 6.04 Å². The number of nitrogens with zero attached hydrogens (tertiary/aromatic N) is 2. The molecule has 1 atom stereocenters. The minimum Gasteiger partial charge on any atom is -0.303 e. The highest BCUT2D eigenvalue weighted by Gasteiger charge is 2.41. The van der Waals surface area contributed by atoms with Crippen molar-refractivity contribution >= 4 is 27.5 Å². The summed E-state index contributed by atoms with van der Waals surface area (Å²) in [7, 11) is 0. The standard InChI is InChI=1S/C14H16BrN3O/c1-14(2)9-17-11(7-8-16)13(19)18(14)12-6-4-3-5-10(12)15/h3-6,11,17H,7,9H2,1-2H3. The van der Waals surface area contributed by atoms with Gasteiger partial charge in [0.2, 0.25) is 5.91 Å². The Bertz CT molecular complexity index is 536. The molecule has 2 rings (SSSR count). The topological polar surface area (TPSA) is 56.1 Å². The first kappa shape index (κ1) is 14.0. The van der Waals surface area contributed by atoms with Crippen molar-refractivity contribution in [3.63, 3.8) is 0 Å². The zero-order valence-electron chi connectivity index (χ0n) is 11.0. The zero-order chi connectivity index (χ0) is 14.0. The largest absolute Gasteiger partial charge is 0.303 e. The molecule has 1 fully saturated rings. The fourth-order valence-corrected chi connectivity index (χ4v) is 2.78. The van der Waals surface area contributed by atoms with E-state index in [1.165, 1.54) is 0 Å². The van der Waals surface area contributed by atoms with Gasteiger partial charge >= 0.3 is 0 Å². The molecule has 0 aromatic heterocycles. The molecule has 0 spiro atoms. The highest BCUT2D eigenvalue weighted by molar-refractivity contribution is 9.10. The summed E-state index contributed by atoms with van der Waals surface area (Å²) in [5.74, 6) is -0.0512. The van der Waals surface area contributed by atoms with Crippen LogP contribution < -0.4 is 10.2 Å². The number of nitriles is 1. The van der Waals surface area contributed by atoms with E-state index in [1.54, 1.807) is 4.90 Å². The second-order valence-electron chi connectivity index (χ2n) is 5.23. The number of para-hydroxylation sites is 1. The van der Waals surface area contributed by atoms with Crippen LogP contribution in [0.5, 0.6) is 0 Å². The molecule has 4 nitrogen and oxygen atoms in total. The van der Waals surface area contributed by atoms with Gasteiger partial charge in [-0.25, -0.2) is 0 Å². The molecule has 19 heavy (non-hydrogen) atoms. The van der Waals surface area contributed by atoms with Gasteiger partial charge in [-0.15, -0.1) is 0 Å². The molecule has 1 amide bonds. The molecule has 0 aliphatic carbocycles. The van der Waals surface area contributed by atoms with Gasteiger partial charge in [-0.2, -0.15) is 5.26 Å². The number of amides is 1. The Labute approximate surface area is 121 Å². The number of hydrogen-bond donors (Lipinski definition) is 1. The Balaban J connectivity index is 2.42. The smallest absolute Gasteiger partial charge is 0.245 e. The molecule has 5 heteroatoms. The number of piperazine rings is 1. The number of rotatable bonds is 2. The molecule has 1 saturated heterocycles. The average Bonchev–Trinajstić information content (AvgIpc) is 2.35. The van der Waals surface area contributed by atoms with Crippen LogP contribution in [0.25, 0.3) is 0 Å². The maximum absolute atomic E-state index is 12.6. The van der Waals surface area contributed by atoms with Crippen LogP contribution in [0.15, 0.2) is 28.7 Å². The molecule has 0 bridgehead atoms. The predicted molar refractivity (Wildman–Crippen MR) is 77.7 cm³/mol. The van der Waals surface area contributed by atoms with Crippen LogP contribution in [0.3, 0.4) is 0 Å². The maximum atomic E-state index is 12.6. The van der Waals surface area contributed by atoms with Crippen LogP contribution >= 0.6 is 15.9 Å². The molecule has 1 unspecified atom stereocenters. The summed E-state index contributed by atoms with van der Waals surface area (Å²) in [4.78, 5) is 14.4. The second kappa shape index (κ2) is 5.32. The van der Waals surface area contributed by atoms with E-state index >= 15 is 0 Å². The number of halogens is 1. The third-order valence-electron chi connectivity index (χ3n) is 3.29. The third kappa shape index (κ3) is 2.65. The Morgan fingerprint density at radius 2 is 2.21 bits per heavy atom. The van der Waals surface area contributed by atoms with E-state index < -0.39 is 6.04 Å². The lowest BCUT2D eigenvalue weighted by Crippen LogP contribution is -2.65. The van der Waals surface area contributed by atoms with Crippen LogP contribution in [0, 0.1) is 11.3 Å². The number of anilines is 1. The second-order valence-corrected chi connectivity index (χ2v) is 6.09. The first-order valence-electron chi connectivity index (χ1n) is 6.16. The summed E-state index contributed by atoms with van der Waals surface area (Å²) >= 11 is 3.49. The van der Waals surface area contributed by atoms with Gasteiger partial charge < -0.3 is 10.2 Å². The van der Waals surface area contributed by atoms with E-state index in [9.17, 15) is 4.79 Å². The van der Waals surface area contributed by atoms with Crippen LogP contribution in [-0.4, -0.2) is 24.0 Å². The van der Waals surface area contributed by atoms with Crippen LogP contribution in [0.2, 0.25) is 0 Å². The SMILES string of the molecule is CC1(C)CNC(CC#N)C(=O)N1c1ccccc1Br. The Kier molecular flexibility index (Phi) is 3.93. The molecule has 1 aliphatic rings. The lowest BCUT2D eigenvalue weighted by molar-refractivity contribution is -0.123. The van der Waals surface area contributed by atoms with E-state index in [1.807, 2.05) is 38.1 Å². The van der Waals surface area contributed by atoms with Crippen molar-refractivity contribution in [2.45, 2.75) is 31.8 Å². The summed E-state index contributed by atoms with van der Waals surface area (Å²) in [6.07, 6.45) is 0.190. The van der Waals surface area contributed by atoms with Gasteiger partial charge in [0.05, 0.1) is 23.7 Å². The molecule has 1 heterocycles. The fourth-order valence-electron chi connectivity index (χ4n) is 2.32. The maximum Gasteiger partial charge on any atom is 0.245 e. The van der Waals surface area contributed by atoms with Crippen molar-refractivity contribution in [1.29, 1.82) is 5.26 Å². The van der Waals surface area contributed by atoms with Crippen LogP contribution in [0.4, 0.5) is 5.69 Å². The van der Waals surface area contributed by atoms with Gasteiger partial charge in [0, 0.05) is 11.0 Å². The van der Waals surface area contributed by atoms with Crippen molar-refractivity contribution in [3.8, 4) is 6.07 Å².